The molecule has 4 N–H and O–H groups in total. The highest BCUT2D eigenvalue weighted by Crippen LogP contribution is 2.11. The summed E-state index contributed by atoms with van der Waals surface area (Å²) >= 11 is 1.13. The lowest BCUT2D eigenvalue weighted by molar-refractivity contribution is -0.131. The Hall–Kier alpha value is -2.43. The van der Waals surface area contributed by atoms with Crippen LogP contribution in [0.15, 0.2) is 24.3 Å². The SMILES string of the molecule is CSC(=O)CCCC(=O)N[C@@H](C(=O)N[C@H](C)C(=O)Nc1ccc(CONC(C)C)cc1)C(C)C. The fraction of sp³-hybridized carbons (Fsp3) is 0.583. The molecule has 0 heterocycles. The molecule has 1 aromatic carbocycles. The Kier molecular flexibility index (Phi) is 13.5. The average molecular weight is 495 g/mol. The van der Waals surface area contributed by atoms with E-state index in [1.165, 1.54) is 0 Å². The molecule has 0 unspecified atom stereocenters. The van der Waals surface area contributed by atoms with Crippen LogP contribution >= 0.6 is 11.8 Å². The Morgan fingerprint density at radius 2 is 1.56 bits per heavy atom. The first-order valence-corrected chi connectivity index (χ1v) is 12.7. The summed E-state index contributed by atoms with van der Waals surface area (Å²) in [7, 11) is 0. The van der Waals surface area contributed by atoms with Crippen LogP contribution in [0.25, 0.3) is 0 Å². The zero-order valence-corrected chi connectivity index (χ0v) is 21.7. The van der Waals surface area contributed by atoms with Crippen molar-refractivity contribution >= 4 is 40.3 Å². The first kappa shape index (κ1) is 29.6. The molecule has 0 aliphatic rings. The third-order valence-electron chi connectivity index (χ3n) is 4.81. The molecule has 9 nitrogen and oxygen atoms in total. The van der Waals surface area contributed by atoms with Gasteiger partial charge in [0.2, 0.25) is 17.7 Å². The zero-order chi connectivity index (χ0) is 25.7. The Morgan fingerprint density at radius 3 is 2.12 bits per heavy atom. The quantitative estimate of drug-likeness (QED) is 0.293. The largest absolute Gasteiger partial charge is 0.344 e. The zero-order valence-electron chi connectivity index (χ0n) is 20.9. The molecule has 0 saturated heterocycles. The topological polar surface area (TPSA) is 126 Å². The Bertz CT molecular complexity index is 814. The van der Waals surface area contributed by atoms with Crippen LogP contribution in [0, 0.1) is 5.92 Å². The molecule has 190 valence electrons. The van der Waals surface area contributed by atoms with Crippen LogP contribution in [0.5, 0.6) is 0 Å². The Morgan fingerprint density at radius 1 is 0.912 bits per heavy atom. The smallest absolute Gasteiger partial charge is 0.246 e. The highest BCUT2D eigenvalue weighted by Gasteiger charge is 2.27. The van der Waals surface area contributed by atoms with Gasteiger partial charge in [-0.1, -0.05) is 37.7 Å². The van der Waals surface area contributed by atoms with Gasteiger partial charge in [-0.15, -0.1) is 0 Å². The van der Waals surface area contributed by atoms with Crippen LogP contribution < -0.4 is 21.4 Å². The molecule has 0 aliphatic carbocycles. The number of hydrogen-bond acceptors (Lipinski definition) is 7. The van der Waals surface area contributed by atoms with Crippen LogP contribution in [-0.4, -0.2) is 47.2 Å². The van der Waals surface area contributed by atoms with E-state index in [4.69, 9.17) is 4.84 Å². The van der Waals surface area contributed by atoms with Crippen molar-refractivity contribution in [2.45, 2.75) is 78.6 Å². The summed E-state index contributed by atoms with van der Waals surface area (Å²) in [5.41, 5.74) is 4.41. The molecule has 0 radical (unpaired) electrons. The molecule has 2 atom stereocenters. The molecule has 0 saturated carbocycles. The fourth-order valence-electron chi connectivity index (χ4n) is 2.87. The number of nitrogens with one attached hydrogen (secondary N) is 4. The molecule has 1 aromatic rings. The summed E-state index contributed by atoms with van der Waals surface area (Å²) < 4.78 is 0. The van der Waals surface area contributed by atoms with Crippen molar-refractivity contribution < 1.29 is 24.0 Å². The lowest BCUT2D eigenvalue weighted by Crippen LogP contribution is -2.53. The van der Waals surface area contributed by atoms with Crippen LogP contribution in [0.1, 0.15) is 59.4 Å². The lowest BCUT2D eigenvalue weighted by Gasteiger charge is -2.24. The second kappa shape index (κ2) is 15.5. The van der Waals surface area contributed by atoms with Gasteiger partial charge in [0.1, 0.15) is 12.1 Å². The second-order valence-corrected chi connectivity index (χ2v) is 9.56. The molecule has 1 rings (SSSR count). The van der Waals surface area contributed by atoms with E-state index >= 15 is 0 Å². The summed E-state index contributed by atoms with van der Waals surface area (Å²) in [6.07, 6.45) is 2.60. The molecule has 34 heavy (non-hydrogen) atoms. The number of benzene rings is 1. The van der Waals surface area contributed by atoms with Gasteiger partial charge in [-0.3, -0.25) is 24.0 Å². The Labute approximate surface area is 206 Å². The second-order valence-electron chi connectivity index (χ2n) is 8.70. The van der Waals surface area contributed by atoms with Gasteiger partial charge in [-0.2, -0.15) is 5.48 Å². The van der Waals surface area contributed by atoms with E-state index in [9.17, 15) is 19.2 Å². The number of hydroxylamine groups is 1. The summed E-state index contributed by atoms with van der Waals surface area (Å²) in [5.74, 6) is -1.28. The van der Waals surface area contributed by atoms with Crippen molar-refractivity contribution in [3.05, 3.63) is 29.8 Å². The number of amides is 3. The van der Waals surface area contributed by atoms with Crippen LogP contribution in [0.2, 0.25) is 0 Å². The predicted molar refractivity (Wildman–Crippen MR) is 135 cm³/mol. The molecular weight excluding hydrogens is 456 g/mol. The first-order valence-electron chi connectivity index (χ1n) is 11.5. The monoisotopic (exact) mass is 494 g/mol. The molecular formula is C24H38N4O5S. The highest BCUT2D eigenvalue weighted by molar-refractivity contribution is 8.13. The molecule has 0 spiro atoms. The minimum absolute atomic E-state index is 0.0249. The molecule has 10 heteroatoms. The van der Waals surface area contributed by atoms with Gasteiger partial charge in [0.15, 0.2) is 5.12 Å². The number of anilines is 1. The minimum Gasteiger partial charge on any atom is -0.344 e. The van der Waals surface area contributed by atoms with Gasteiger partial charge >= 0.3 is 0 Å². The molecule has 0 bridgehead atoms. The summed E-state index contributed by atoms with van der Waals surface area (Å²) in [4.78, 5) is 54.2. The van der Waals surface area contributed by atoms with Crippen molar-refractivity contribution in [2.24, 2.45) is 5.92 Å². The summed E-state index contributed by atoms with van der Waals surface area (Å²) in [5, 5.41) is 8.18. The van der Waals surface area contributed by atoms with E-state index in [0.717, 1.165) is 17.3 Å². The van der Waals surface area contributed by atoms with E-state index < -0.39 is 18.0 Å². The average Bonchev–Trinajstić information content (AvgIpc) is 2.77. The van der Waals surface area contributed by atoms with Crippen molar-refractivity contribution in [3.8, 4) is 0 Å². The van der Waals surface area contributed by atoms with E-state index in [-0.39, 0.29) is 35.3 Å². The van der Waals surface area contributed by atoms with E-state index in [1.807, 2.05) is 39.8 Å². The van der Waals surface area contributed by atoms with Crippen LogP contribution in [-0.2, 0) is 30.6 Å². The highest BCUT2D eigenvalue weighted by atomic mass is 32.2. The van der Waals surface area contributed by atoms with Gasteiger partial charge < -0.3 is 16.0 Å². The maximum Gasteiger partial charge on any atom is 0.246 e. The molecule has 0 aliphatic heterocycles. The lowest BCUT2D eigenvalue weighted by atomic mass is 10.0. The van der Waals surface area contributed by atoms with E-state index in [2.05, 4.69) is 21.4 Å². The van der Waals surface area contributed by atoms with Gasteiger partial charge in [-0.25, -0.2) is 0 Å². The fourth-order valence-corrected chi connectivity index (χ4v) is 3.22. The van der Waals surface area contributed by atoms with Gasteiger partial charge in [0, 0.05) is 24.6 Å². The summed E-state index contributed by atoms with van der Waals surface area (Å²) in [6, 6.07) is 5.85. The first-order chi connectivity index (χ1) is 16.0. The van der Waals surface area contributed by atoms with Crippen LogP contribution in [0.3, 0.4) is 0 Å². The van der Waals surface area contributed by atoms with Crippen molar-refractivity contribution in [3.63, 3.8) is 0 Å². The third kappa shape index (κ3) is 11.6. The number of carbonyl (C=O) groups excluding carboxylic acids is 4. The number of hydrogen-bond donors (Lipinski definition) is 4. The van der Waals surface area contributed by atoms with Crippen molar-refractivity contribution in [1.82, 2.24) is 16.1 Å². The Balaban J connectivity index is 2.55. The van der Waals surface area contributed by atoms with Crippen LogP contribution in [0.4, 0.5) is 5.69 Å². The standard InChI is InChI=1S/C24H38N4O5S/c1-15(2)22(27-20(29)8-7-9-21(30)34-6)24(32)25-17(5)23(31)26-19-12-10-18(11-13-19)14-33-28-16(3)4/h10-13,15-17,22,28H,7-9,14H2,1-6H3,(H,25,32)(H,26,31)(H,27,29)/t17-,22-/m1/s1. The maximum atomic E-state index is 12.7. The van der Waals surface area contributed by atoms with E-state index in [0.29, 0.717) is 25.1 Å². The van der Waals surface area contributed by atoms with Gasteiger partial charge in [0.25, 0.3) is 0 Å². The predicted octanol–water partition coefficient (Wildman–Crippen LogP) is 2.76. The molecule has 3 amide bonds. The normalized spacial score (nSPS) is 12.8. The maximum absolute atomic E-state index is 12.7. The number of thioether (sulfide) groups is 1. The molecule has 0 aromatic heterocycles. The molecule has 0 fully saturated rings. The van der Waals surface area contributed by atoms with Gasteiger partial charge in [0.05, 0.1) is 6.61 Å². The van der Waals surface area contributed by atoms with E-state index in [1.54, 1.807) is 25.3 Å². The number of carbonyl (C=O) groups is 4. The van der Waals surface area contributed by atoms with Crippen molar-refractivity contribution in [1.29, 1.82) is 0 Å². The van der Waals surface area contributed by atoms with Gasteiger partial charge in [-0.05, 0) is 57.1 Å². The number of rotatable bonds is 14. The van der Waals surface area contributed by atoms with Crippen molar-refractivity contribution in [2.75, 3.05) is 11.6 Å². The summed E-state index contributed by atoms with van der Waals surface area (Å²) in [6.45, 7) is 9.57. The minimum atomic E-state index is -0.803. The third-order valence-corrected chi connectivity index (χ3v) is 5.47.